The number of hydrogen-bond acceptors (Lipinski definition) is 7. The fraction of sp³-hybridized carbons (Fsp3) is 0.567. The molecule has 0 radical (unpaired) electrons. The van der Waals surface area contributed by atoms with E-state index >= 15 is 0 Å². The van der Waals surface area contributed by atoms with Crippen LogP contribution in [0, 0.1) is 11.8 Å². The highest BCUT2D eigenvalue weighted by Crippen LogP contribution is 2.39. The molecule has 2 aliphatic rings. The topological polar surface area (TPSA) is 172 Å². The van der Waals surface area contributed by atoms with Crippen LogP contribution in [-0.2, 0) is 19.1 Å². The Morgan fingerprint density at radius 2 is 1.93 bits per heavy atom. The van der Waals surface area contributed by atoms with Gasteiger partial charge in [0.25, 0.3) is 0 Å². The van der Waals surface area contributed by atoms with Crippen LogP contribution < -0.4 is 15.9 Å². The van der Waals surface area contributed by atoms with E-state index in [1.807, 2.05) is 24.3 Å². The number of carboxylic acids is 1. The predicted octanol–water partition coefficient (Wildman–Crippen LogP) is 4.42. The molecule has 11 nitrogen and oxygen atoms in total. The number of carbonyl (C=O) groups excluding carboxylic acids is 3. The number of hydrogen-bond donors (Lipinski definition) is 4. The van der Waals surface area contributed by atoms with Crippen molar-refractivity contribution in [3.05, 3.63) is 46.1 Å². The molecule has 232 valence electrons. The average molecular weight is 605 g/mol. The number of aliphatic carboxylic acids is 1. The number of rotatable bonds is 9. The molecule has 0 spiro atoms. The molecule has 0 bridgehead atoms. The number of aromatic nitrogens is 1. The number of aromatic amines is 1. The van der Waals surface area contributed by atoms with Gasteiger partial charge < -0.3 is 30.8 Å². The zero-order valence-electron chi connectivity index (χ0n) is 24.9. The number of carboxylic acid groups (broad SMARTS) is 1. The molecule has 2 heterocycles. The molecule has 42 heavy (non-hydrogen) atoms. The minimum atomic E-state index is -0.657. The Morgan fingerprint density at radius 3 is 2.52 bits per heavy atom. The summed E-state index contributed by atoms with van der Waals surface area (Å²) in [5, 5.41) is 11.0. The SMILES string of the molecule is CC(C)(C)OC(=O)NCC(=O)N1CCCC1C(N)=O.CCCCC/C=C\C1CC1C(=O)O.O=c1[nH]c2ccccc2s1. The van der Waals surface area contributed by atoms with Crippen LogP contribution in [0.1, 0.15) is 72.6 Å². The number of para-hydroxylation sites is 1. The Hall–Kier alpha value is -3.67. The molecule has 3 amide bonds. The van der Waals surface area contributed by atoms with E-state index in [9.17, 15) is 24.0 Å². The van der Waals surface area contributed by atoms with Crippen LogP contribution in [0.3, 0.4) is 0 Å². The summed E-state index contributed by atoms with van der Waals surface area (Å²) in [6.45, 7) is 7.68. The summed E-state index contributed by atoms with van der Waals surface area (Å²) < 4.78 is 6.03. The maximum Gasteiger partial charge on any atom is 0.408 e. The summed E-state index contributed by atoms with van der Waals surface area (Å²) in [4.78, 5) is 59.8. The van der Waals surface area contributed by atoms with Gasteiger partial charge in [-0.15, -0.1) is 0 Å². The third-order valence-corrected chi connectivity index (χ3v) is 7.39. The molecule has 1 aliphatic heterocycles. The first kappa shape index (κ1) is 34.5. The Kier molecular flexibility index (Phi) is 13.7. The molecule has 3 unspecified atom stereocenters. The van der Waals surface area contributed by atoms with Crippen LogP contribution in [-0.4, -0.2) is 63.6 Å². The number of nitrogens with two attached hydrogens (primary N) is 1. The van der Waals surface area contributed by atoms with Gasteiger partial charge in [0.15, 0.2) is 0 Å². The number of primary amides is 1. The number of nitrogens with zero attached hydrogens (tertiary/aromatic N) is 1. The summed E-state index contributed by atoms with van der Waals surface area (Å²) in [6.07, 6.45) is 10.6. The highest BCUT2D eigenvalue weighted by molar-refractivity contribution is 7.16. The molecular formula is C30H44N4O7S. The number of fused-ring (bicyclic) bond motifs is 1. The maximum absolute atomic E-state index is 11.9. The van der Waals surface area contributed by atoms with Crippen molar-refractivity contribution in [3.63, 3.8) is 0 Å². The summed E-state index contributed by atoms with van der Waals surface area (Å²) >= 11 is 1.24. The normalized spacial score (nSPS) is 19.3. The summed E-state index contributed by atoms with van der Waals surface area (Å²) in [7, 11) is 0. The van der Waals surface area contributed by atoms with Gasteiger partial charge in [-0.25, -0.2) is 4.79 Å². The number of ether oxygens (including phenoxy) is 1. The summed E-state index contributed by atoms with van der Waals surface area (Å²) in [5.74, 6) is -1.22. The number of benzene rings is 1. The zero-order chi connectivity index (χ0) is 31.3. The van der Waals surface area contributed by atoms with E-state index in [-0.39, 0.29) is 23.2 Å². The third kappa shape index (κ3) is 12.5. The monoisotopic (exact) mass is 604 g/mol. The minimum absolute atomic E-state index is 0.0150. The third-order valence-electron chi connectivity index (χ3n) is 6.53. The summed E-state index contributed by atoms with van der Waals surface area (Å²) in [6, 6.07) is 7.09. The Bertz CT molecular complexity index is 1240. The summed E-state index contributed by atoms with van der Waals surface area (Å²) in [5.41, 5.74) is 5.53. The number of alkyl carbamates (subject to hydrolysis) is 1. The number of likely N-dealkylation sites (tertiary alicyclic amines) is 1. The number of unbranched alkanes of at least 4 members (excludes halogenated alkanes) is 3. The van der Waals surface area contributed by atoms with E-state index < -0.39 is 29.6 Å². The van der Waals surface area contributed by atoms with Crippen molar-refractivity contribution < 1.29 is 29.0 Å². The molecule has 5 N–H and O–H groups in total. The predicted molar refractivity (Wildman–Crippen MR) is 163 cm³/mol. The van der Waals surface area contributed by atoms with Gasteiger partial charge in [-0.1, -0.05) is 55.4 Å². The number of nitrogens with one attached hydrogen (secondary N) is 2. The molecule has 1 aromatic heterocycles. The van der Waals surface area contributed by atoms with Gasteiger partial charge in [-0.2, -0.15) is 0 Å². The molecule has 1 saturated carbocycles. The molecule has 1 saturated heterocycles. The first-order chi connectivity index (χ1) is 19.8. The van der Waals surface area contributed by atoms with Gasteiger partial charge in [0, 0.05) is 6.54 Å². The maximum atomic E-state index is 11.9. The molecule has 2 aromatic rings. The van der Waals surface area contributed by atoms with Crippen molar-refractivity contribution in [3.8, 4) is 0 Å². The average Bonchev–Trinajstić information content (AvgIpc) is 3.33. The first-order valence-corrected chi connectivity index (χ1v) is 15.2. The van der Waals surface area contributed by atoms with Crippen LogP contribution in [0.5, 0.6) is 0 Å². The smallest absolute Gasteiger partial charge is 0.408 e. The Morgan fingerprint density at radius 1 is 1.21 bits per heavy atom. The fourth-order valence-corrected chi connectivity index (χ4v) is 5.05. The second-order valence-corrected chi connectivity index (χ2v) is 12.3. The Labute approximate surface area is 250 Å². The number of carbonyl (C=O) groups is 4. The lowest BCUT2D eigenvalue weighted by molar-refractivity contribution is -0.138. The molecule has 1 aromatic carbocycles. The quantitative estimate of drug-likeness (QED) is 0.242. The molecule has 4 rings (SSSR count). The van der Waals surface area contributed by atoms with E-state index in [0.717, 1.165) is 29.5 Å². The number of H-pyrrole nitrogens is 1. The highest BCUT2D eigenvalue weighted by Gasteiger charge is 2.40. The van der Waals surface area contributed by atoms with Gasteiger partial charge in [-0.3, -0.25) is 19.2 Å². The van der Waals surface area contributed by atoms with Crippen molar-refractivity contribution in [2.75, 3.05) is 13.1 Å². The molecule has 1 aliphatic carbocycles. The first-order valence-electron chi connectivity index (χ1n) is 14.3. The minimum Gasteiger partial charge on any atom is -0.481 e. The van der Waals surface area contributed by atoms with Gasteiger partial charge in [0.05, 0.1) is 16.1 Å². The standard InChI is InChI=1S/C12H21N3O4.C11H18O2.C7H5NOS/c1-12(2,3)19-11(18)14-7-9(16)15-6-4-5-8(15)10(13)17;1-2-3-4-5-6-7-9-8-10(9)11(12)13;9-7-8-5-3-1-2-4-6(5)10-7/h8H,4-7H2,1-3H3,(H2,13,17)(H,14,18);6-7,9-10H,2-5,8H2,1H3,(H,12,13);1-4H,(H,8,9)/b;7-6-;. The molecular weight excluding hydrogens is 560 g/mol. The van der Waals surface area contributed by atoms with Crippen LogP contribution in [0.4, 0.5) is 4.79 Å². The van der Waals surface area contributed by atoms with Crippen LogP contribution in [0.25, 0.3) is 10.2 Å². The van der Waals surface area contributed by atoms with E-state index in [1.165, 1.54) is 35.5 Å². The van der Waals surface area contributed by atoms with E-state index in [4.69, 9.17) is 15.6 Å². The lowest BCUT2D eigenvalue weighted by atomic mass is 10.2. The lowest BCUT2D eigenvalue weighted by Crippen LogP contribution is -2.48. The number of amides is 3. The molecule has 3 atom stereocenters. The lowest BCUT2D eigenvalue weighted by Gasteiger charge is -2.23. The fourth-order valence-electron chi connectivity index (χ4n) is 4.31. The van der Waals surface area contributed by atoms with Crippen molar-refractivity contribution in [2.24, 2.45) is 17.6 Å². The van der Waals surface area contributed by atoms with Crippen LogP contribution in [0.15, 0.2) is 41.2 Å². The van der Waals surface area contributed by atoms with E-state index in [2.05, 4.69) is 29.4 Å². The molecule has 12 heteroatoms. The largest absolute Gasteiger partial charge is 0.481 e. The number of allylic oxidation sites excluding steroid dienone is 2. The second-order valence-electron chi connectivity index (χ2n) is 11.3. The zero-order valence-corrected chi connectivity index (χ0v) is 25.7. The van der Waals surface area contributed by atoms with Gasteiger partial charge in [0.1, 0.15) is 18.2 Å². The van der Waals surface area contributed by atoms with Crippen LogP contribution >= 0.6 is 11.3 Å². The highest BCUT2D eigenvalue weighted by atomic mass is 32.1. The molecule has 2 fully saturated rings. The van der Waals surface area contributed by atoms with Crippen molar-refractivity contribution in [1.29, 1.82) is 0 Å². The number of thiazole rings is 1. The van der Waals surface area contributed by atoms with Crippen molar-refractivity contribution in [2.45, 2.75) is 84.3 Å². The van der Waals surface area contributed by atoms with Crippen LogP contribution in [0.2, 0.25) is 0 Å². The second kappa shape index (κ2) is 16.7. The van der Waals surface area contributed by atoms with E-state index in [0.29, 0.717) is 18.9 Å². The van der Waals surface area contributed by atoms with Gasteiger partial charge in [-0.05, 0) is 70.9 Å². The van der Waals surface area contributed by atoms with Crippen molar-refractivity contribution in [1.82, 2.24) is 15.2 Å². The Balaban J connectivity index is 0.000000232. The van der Waals surface area contributed by atoms with Gasteiger partial charge in [0.2, 0.25) is 11.8 Å². The van der Waals surface area contributed by atoms with Gasteiger partial charge >= 0.3 is 16.9 Å². The van der Waals surface area contributed by atoms with E-state index in [1.54, 1.807) is 20.8 Å². The van der Waals surface area contributed by atoms with Crippen molar-refractivity contribution >= 4 is 45.4 Å².